The van der Waals surface area contributed by atoms with E-state index in [1.54, 1.807) is 18.2 Å². The summed E-state index contributed by atoms with van der Waals surface area (Å²) in [4.78, 5) is 18.0. The first-order valence-corrected chi connectivity index (χ1v) is 9.54. The number of ether oxygens (including phenoxy) is 1. The van der Waals surface area contributed by atoms with Gasteiger partial charge in [0.25, 0.3) is 0 Å². The molecule has 3 rings (SSSR count). The van der Waals surface area contributed by atoms with Crippen molar-refractivity contribution in [3.8, 4) is 5.75 Å². The summed E-state index contributed by atoms with van der Waals surface area (Å²) in [7, 11) is 0. The normalized spacial score (nSPS) is 18.3. The van der Waals surface area contributed by atoms with Crippen LogP contribution in [0.3, 0.4) is 0 Å². The van der Waals surface area contributed by atoms with Crippen molar-refractivity contribution < 1.29 is 22.7 Å². The Morgan fingerprint density at radius 3 is 2.86 bits per heavy atom. The molecule has 0 saturated heterocycles. The van der Waals surface area contributed by atoms with Crippen LogP contribution in [0.4, 0.5) is 13.2 Å². The number of nitrogens with zero attached hydrogens (tertiary/aromatic N) is 2. The maximum Gasteiger partial charge on any atom is 0.414 e. The third-order valence-corrected chi connectivity index (χ3v) is 4.77. The molecule has 1 aromatic carbocycles. The number of halogens is 4. The summed E-state index contributed by atoms with van der Waals surface area (Å²) in [5.74, 6) is 0.0308. The summed E-state index contributed by atoms with van der Waals surface area (Å²) in [6.45, 7) is 3.23. The molecule has 0 radical (unpaired) electrons. The Morgan fingerprint density at radius 2 is 2.17 bits per heavy atom. The number of pyridine rings is 1. The highest BCUT2D eigenvalue weighted by atomic mass is 35.5. The topological polar surface area (TPSA) is 54.5 Å². The molecule has 29 heavy (non-hydrogen) atoms. The zero-order valence-corrected chi connectivity index (χ0v) is 16.5. The van der Waals surface area contributed by atoms with Crippen molar-refractivity contribution in [2.45, 2.75) is 38.2 Å². The molecule has 1 amide bonds. The van der Waals surface area contributed by atoms with E-state index in [-0.39, 0.29) is 24.8 Å². The van der Waals surface area contributed by atoms with Crippen LogP contribution < -0.4 is 10.1 Å². The van der Waals surface area contributed by atoms with Gasteiger partial charge in [0.2, 0.25) is 5.91 Å². The third-order valence-electron chi connectivity index (χ3n) is 4.53. The first kappa shape index (κ1) is 21.4. The summed E-state index contributed by atoms with van der Waals surface area (Å²) in [5.41, 5.74) is 0.637. The highest BCUT2D eigenvalue weighted by Crippen LogP contribution is 2.32. The fourth-order valence-electron chi connectivity index (χ4n) is 3.24. The minimum absolute atomic E-state index is 0.0813. The maximum atomic E-state index is 13.4. The van der Waals surface area contributed by atoms with E-state index in [1.165, 1.54) is 24.4 Å². The molecule has 1 N–H and O–H groups in total. The first-order valence-electron chi connectivity index (χ1n) is 9.17. The fraction of sp³-hybridized carbons (Fsp3) is 0.400. The third kappa shape index (κ3) is 5.83. The quantitative estimate of drug-likeness (QED) is 0.779. The second kappa shape index (κ2) is 9.00. The Morgan fingerprint density at radius 1 is 1.38 bits per heavy atom. The van der Waals surface area contributed by atoms with Gasteiger partial charge in [-0.2, -0.15) is 13.2 Å². The van der Waals surface area contributed by atoms with Gasteiger partial charge in [-0.25, -0.2) is 0 Å². The molecule has 2 atom stereocenters. The predicted octanol–water partition coefficient (Wildman–Crippen LogP) is 4.13. The molecule has 0 aliphatic carbocycles. The Kier molecular flexibility index (Phi) is 6.64. The SMILES string of the molecule is C[C@@H]1CN(CCC(=O)N[C@@H](c2ccccn2)C(F)(F)F)Cc2cc(Cl)ccc2O1. The average Bonchev–Trinajstić information content (AvgIpc) is 2.81. The Bertz CT molecular complexity index is 849. The van der Waals surface area contributed by atoms with Gasteiger partial charge in [-0.3, -0.25) is 14.7 Å². The number of amides is 1. The van der Waals surface area contributed by atoms with Gasteiger partial charge in [0, 0.05) is 42.8 Å². The van der Waals surface area contributed by atoms with E-state index >= 15 is 0 Å². The van der Waals surface area contributed by atoms with Crippen LogP contribution in [0.15, 0.2) is 42.6 Å². The monoisotopic (exact) mass is 427 g/mol. The number of aromatic nitrogens is 1. The van der Waals surface area contributed by atoms with Gasteiger partial charge >= 0.3 is 6.18 Å². The molecule has 1 aromatic heterocycles. The van der Waals surface area contributed by atoms with Crippen LogP contribution in [0, 0.1) is 0 Å². The predicted molar refractivity (Wildman–Crippen MR) is 103 cm³/mol. The molecule has 0 spiro atoms. The molecule has 1 aliphatic rings. The molecule has 0 saturated carbocycles. The van der Waals surface area contributed by atoms with E-state index in [1.807, 2.05) is 11.8 Å². The fourth-order valence-corrected chi connectivity index (χ4v) is 3.44. The second-order valence-electron chi connectivity index (χ2n) is 6.96. The van der Waals surface area contributed by atoms with Crippen LogP contribution in [-0.4, -0.2) is 41.2 Å². The van der Waals surface area contributed by atoms with Gasteiger partial charge < -0.3 is 10.1 Å². The van der Waals surface area contributed by atoms with Gasteiger partial charge in [0.15, 0.2) is 6.04 Å². The lowest BCUT2D eigenvalue weighted by atomic mass is 10.1. The van der Waals surface area contributed by atoms with Crippen LogP contribution in [0.2, 0.25) is 5.02 Å². The minimum Gasteiger partial charge on any atom is -0.489 e. The van der Waals surface area contributed by atoms with Crippen molar-refractivity contribution in [2.75, 3.05) is 13.1 Å². The number of nitrogens with one attached hydrogen (secondary N) is 1. The molecule has 2 aromatic rings. The zero-order chi connectivity index (χ0) is 21.0. The van der Waals surface area contributed by atoms with Gasteiger partial charge in [-0.1, -0.05) is 17.7 Å². The molecular weight excluding hydrogens is 407 g/mol. The Balaban J connectivity index is 1.63. The van der Waals surface area contributed by atoms with Gasteiger partial charge in [-0.05, 0) is 37.3 Å². The van der Waals surface area contributed by atoms with Gasteiger partial charge in [0.05, 0.1) is 5.69 Å². The second-order valence-corrected chi connectivity index (χ2v) is 7.40. The number of alkyl halides is 3. The summed E-state index contributed by atoms with van der Waals surface area (Å²) < 4.78 is 46.0. The maximum absolute atomic E-state index is 13.4. The van der Waals surface area contributed by atoms with Crippen molar-refractivity contribution in [2.24, 2.45) is 0 Å². The average molecular weight is 428 g/mol. The molecule has 5 nitrogen and oxygen atoms in total. The van der Waals surface area contributed by atoms with Crippen molar-refractivity contribution in [3.05, 3.63) is 58.9 Å². The number of hydrogen-bond acceptors (Lipinski definition) is 4. The highest BCUT2D eigenvalue weighted by Gasteiger charge is 2.42. The minimum atomic E-state index is -4.63. The van der Waals surface area contributed by atoms with Crippen molar-refractivity contribution in [1.29, 1.82) is 0 Å². The van der Waals surface area contributed by atoms with E-state index in [2.05, 4.69) is 10.3 Å². The molecule has 156 valence electrons. The number of hydrogen-bond donors (Lipinski definition) is 1. The Hall–Kier alpha value is -2.32. The lowest BCUT2D eigenvalue weighted by Crippen LogP contribution is -2.40. The van der Waals surface area contributed by atoms with Crippen LogP contribution in [0.5, 0.6) is 5.75 Å². The lowest BCUT2D eigenvalue weighted by Gasteiger charge is -2.24. The lowest BCUT2D eigenvalue weighted by molar-refractivity contribution is -0.164. The zero-order valence-electron chi connectivity index (χ0n) is 15.7. The smallest absolute Gasteiger partial charge is 0.414 e. The molecule has 0 bridgehead atoms. The van der Waals surface area contributed by atoms with Crippen LogP contribution in [0.1, 0.15) is 30.6 Å². The van der Waals surface area contributed by atoms with Crippen molar-refractivity contribution >= 4 is 17.5 Å². The molecule has 9 heteroatoms. The molecule has 1 aliphatic heterocycles. The van der Waals surface area contributed by atoms with E-state index in [0.717, 1.165) is 11.3 Å². The summed E-state index contributed by atoms with van der Waals surface area (Å²) in [6.07, 6.45) is -3.58. The van der Waals surface area contributed by atoms with Gasteiger partial charge in [-0.15, -0.1) is 0 Å². The first-order chi connectivity index (χ1) is 13.7. The number of benzene rings is 1. The van der Waals surface area contributed by atoms with E-state index < -0.39 is 18.1 Å². The van der Waals surface area contributed by atoms with Crippen LogP contribution in [-0.2, 0) is 11.3 Å². The number of rotatable bonds is 5. The molecule has 0 unspecified atom stereocenters. The van der Waals surface area contributed by atoms with E-state index in [9.17, 15) is 18.0 Å². The van der Waals surface area contributed by atoms with E-state index in [4.69, 9.17) is 16.3 Å². The molecule has 2 heterocycles. The summed E-state index contributed by atoms with van der Waals surface area (Å²) in [6, 6.07) is 7.41. The summed E-state index contributed by atoms with van der Waals surface area (Å²) >= 11 is 6.05. The van der Waals surface area contributed by atoms with Crippen molar-refractivity contribution in [3.63, 3.8) is 0 Å². The Labute approximate surface area is 171 Å². The van der Waals surface area contributed by atoms with E-state index in [0.29, 0.717) is 18.1 Å². The highest BCUT2D eigenvalue weighted by molar-refractivity contribution is 6.30. The van der Waals surface area contributed by atoms with Gasteiger partial charge in [0.1, 0.15) is 11.9 Å². The number of carbonyl (C=O) groups is 1. The van der Waals surface area contributed by atoms with Crippen LogP contribution in [0.25, 0.3) is 0 Å². The molecular formula is C20H21ClF3N3O2. The van der Waals surface area contributed by atoms with Crippen molar-refractivity contribution in [1.82, 2.24) is 15.2 Å². The standard InChI is InChI=1S/C20H21ClF3N3O2/c1-13-11-27(12-14-10-15(21)5-6-17(14)29-13)9-7-18(28)26-19(20(22,23)24)16-4-2-3-8-25-16/h2-6,8,10,13,19H,7,9,11-12H2,1H3,(H,26,28)/t13-,19+/m1/s1. The number of carbonyl (C=O) groups excluding carboxylic acids is 1. The molecule has 0 fully saturated rings. The largest absolute Gasteiger partial charge is 0.489 e. The number of fused-ring (bicyclic) bond motifs is 1. The summed E-state index contributed by atoms with van der Waals surface area (Å²) in [5, 5.41) is 2.63. The van der Waals surface area contributed by atoms with Crippen LogP contribution >= 0.6 is 11.6 Å².